The Hall–Kier alpha value is -1.40. The fourth-order valence-corrected chi connectivity index (χ4v) is 2.28. The van der Waals surface area contributed by atoms with Gasteiger partial charge in [-0.05, 0) is 0 Å². The molecule has 2 unspecified atom stereocenters. The molecule has 0 saturated carbocycles. The highest BCUT2D eigenvalue weighted by molar-refractivity contribution is 7.46. The van der Waals surface area contributed by atoms with Gasteiger partial charge in [-0.3, -0.25) is 14.3 Å². The predicted molar refractivity (Wildman–Crippen MR) is 75.1 cm³/mol. The summed E-state index contributed by atoms with van der Waals surface area (Å²) in [6.45, 7) is -0.479. The van der Waals surface area contributed by atoms with Crippen LogP contribution in [0.25, 0.3) is 0 Å². The van der Waals surface area contributed by atoms with Crippen LogP contribution in [0, 0.1) is 0 Å². The van der Waals surface area contributed by atoms with Crippen LogP contribution in [0.15, 0.2) is 21.9 Å². The molecule has 1 aliphatic rings. The Bertz CT molecular complexity index is 691. The lowest BCUT2D eigenvalue weighted by molar-refractivity contribution is -0.0550. The number of nitrogens with one attached hydrogen (secondary N) is 1. The number of H-pyrrole nitrogens is 1. The largest absolute Gasteiger partial charge is 0.745 e. The molecule has 0 radical (unpaired) electrons. The first-order valence-corrected chi connectivity index (χ1v) is 8.37. The van der Waals surface area contributed by atoms with Crippen molar-refractivity contribution in [1.82, 2.24) is 9.55 Å². The molecular weight excluding hydrogens is 374 g/mol. The second-order valence-corrected chi connectivity index (χ2v) is 5.91. The lowest BCUT2D eigenvalue weighted by atomic mass is 10.1. The summed E-state index contributed by atoms with van der Waals surface area (Å²) in [5, 5.41) is 28.1. The van der Waals surface area contributed by atoms with Crippen LogP contribution in [-0.4, -0.2) is 59.6 Å². The third-order valence-electron chi connectivity index (χ3n) is 2.78. The van der Waals surface area contributed by atoms with Gasteiger partial charge in [0.05, 0.1) is 6.61 Å². The van der Waals surface area contributed by atoms with Crippen LogP contribution in [-0.2, 0) is 18.2 Å². The minimum atomic E-state index is -2.92. The molecule has 6 N–H and O–H groups in total. The van der Waals surface area contributed by atoms with Gasteiger partial charge in [-0.1, -0.05) is 0 Å². The Morgan fingerprint density at radius 3 is 2.17 bits per heavy atom. The van der Waals surface area contributed by atoms with E-state index in [0.717, 1.165) is 16.8 Å². The second kappa shape index (κ2) is 9.18. The number of aromatic nitrogens is 2. The van der Waals surface area contributed by atoms with Crippen molar-refractivity contribution in [2.75, 3.05) is 6.61 Å². The van der Waals surface area contributed by atoms with Crippen molar-refractivity contribution in [3.05, 3.63) is 33.1 Å². The molecule has 6 atom stereocenters. The molecule has 134 valence electrons. The number of aliphatic hydroxyl groups is 3. The fraction of sp³-hybridized carbons (Fsp3) is 0.556. The molecule has 2 heterocycles. The molecule has 13 nitrogen and oxygen atoms in total. The Morgan fingerprint density at radius 1 is 1.21 bits per heavy atom. The summed E-state index contributed by atoms with van der Waals surface area (Å²) in [5.74, 6) is 0. The summed E-state index contributed by atoms with van der Waals surface area (Å²) < 4.78 is 28.2. The van der Waals surface area contributed by atoms with Gasteiger partial charge in [0.1, 0.15) is 18.3 Å². The van der Waals surface area contributed by atoms with Gasteiger partial charge < -0.3 is 20.1 Å². The van der Waals surface area contributed by atoms with Gasteiger partial charge in [0, 0.05) is 21.4 Å². The highest BCUT2D eigenvalue weighted by Crippen LogP contribution is 2.30. The van der Waals surface area contributed by atoms with Gasteiger partial charge in [0.15, 0.2) is 10.5 Å². The van der Waals surface area contributed by atoms with Crippen molar-refractivity contribution < 1.29 is 43.3 Å². The van der Waals surface area contributed by atoms with E-state index in [9.17, 15) is 28.9 Å². The van der Waals surface area contributed by atoms with Gasteiger partial charge in [-0.2, -0.15) is 0 Å². The van der Waals surface area contributed by atoms with E-state index in [1.165, 1.54) is 0 Å². The van der Waals surface area contributed by atoms with E-state index in [1.807, 2.05) is 4.98 Å². The zero-order valence-corrected chi connectivity index (χ0v) is 13.5. The number of aromatic amines is 1. The maximum absolute atomic E-state index is 11.4. The number of aliphatic hydroxyl groups excluding tert-OH is 3. The Morgan fingerprint density at radius 2 is 1.79 bits per heavy atom. The van der Waals surface area contributed by atoms with Crippen LogP contribution >= 0.6 is 16.5 Å². The molecule has 0 spiro atoms. The van der Waals surface area contributed by atoms with Crippen molar-refractivity contribution in [2.24, 2.45) is 0 Å². The average molecular weight is 388 g/mol. The summed E-state index contributed by atoms with van der Waals surface area (Å²) in [5.41, 5.74) is -1.33. The topological polar surface area (TPSA) is 209 Å². The molecule has 24 heavy (non-hydrogen) atoms. The summed E-state index contributed by atoms with van der Waals surface area (Å²) in [6.07, 6.45) is -3.58. The number of ether oxygens (including phenoxy) is 1. The molecule has 1 aromatic rings. The lowest BCUT2D eigenvalue weighted by Crippen LogP contribution is -2.37. The summed E-state index contributed by atoms with van der Waals surface area (Å²) in [7, 11) is -5.85. The van der Waals surface area contributed by atoms with Gasteiger partial charge >= 0.3 is 22.2 Å². The fourth-order valence-electron chi connectivity index (χ4n) is 1.80. The third kappa shape index (κ3) is 5.60. The Kier molecular flexibility index (Phi) is 7.90. The highest BCUT2D eigenvalue weighted by atomic mass is 31.2. The molecule has 0 bridgehead atoms. The summed E-state index contributed by atoms with van der Waals surface area (Å²) in [4.78, 5) is 39.6. The number of hydrogen-bond acceptors (Lipinski definition) is 9. The zero-order valence-electron chi connectivity index (χ0n) is 11.7. The van der Waals surface area contributed by atoms with Gasteiger partial charge in [-0.25, -0.2) is 4.79 Å². The predicted octanol–water partition coefficient (Wildman–Crippen LogP) is -2.55. The van der Waals surface area contributed by atoms with Crippen molar-refractivity contribution in [1.29, 1.82) is 0 Å². The molecular formula is C9H14N2O11P2+2. The van der Waals surface area contributed by atoms with Crippen LogP contribution in [0.4, 0.5) is 0 Å². The third-order valence-corrected chi connectivity index (χ3v) is 3.90. The molecule has 1 aromatic heterocycles. The monoisotopic (exact) mass is 388 g/mol. The quantitative estimate of drug-likeness (QED) is 0.296. The van der Waals surface area contributed by atoms with Crippen LogP contribution in [0.2, 0.25) is 0 Å². The molecule has 0 amide bonds. The van der Waals surface area contributed by atoms with Gasteiger partial charge in [0.2, 0.25) is 0 Å². The maximum atomic E-state index is 11.4. The average Bonchev–Trinajstić information content (AvgIpc) is 2.74. The zero-order chi connectivity index (χ0) is 18.4. The van der Waals surface area contributed by atoms with Gasteiger partial charge in [-0.15, -0.1) is 9.79 Å². The highest BCUT2D eigenvalue weighted by Gasteiger charge is 2.43. The van der Waals surface area contributed by atoms with E-state index in [1.54, 1.807) is 0 Å². The summed E-state index contributed by atoms with van der Waals surface area (Å²) in [6, 6.07) is 1.09. The van der Waals surface area contributed by atoms with Crippen molar-refractivity contribution in [2.45, 2.75) is 24.5 Å². The first kappa shape index (κ1) is 20.6. The van der Waals surface area contributed by atoms with Crippen molar-refractivity contribution in [3.63, 3.8) is 0 Å². The number of rotatable bonds is 4. The maximum Gasteiger partial charge on any atom is 0.745 e. The van der Waals surface area contributed by atoms with Crippen molar-refractivity contribution >= 4 is 16.5 Å². The molecule has 1 fully saturated rings. The van der Waals surface area contributed by atoms with Gasteiger partial charge in [0.25, 0.3) is 5.56 Å². The van der Waals surface area contributed by atoms with Crippen LogP contribution in [0.1, 0.15) is 6.23 Å². The lowest BCUT2D eigenvalue weighted by Gasteiger charge is -2.16. The van der Waals surface area contributed by atoms with Crippen LogP contribution in [0.3, 0.4) is 0 Å². The van der Waals surface area contributed by atoms with E-state index >= 15 is 0 Å². The molecule has 0 aromatic carbocycles. The standard InChI is InChI=1S/C9H12N2O6.O5P2/c12-3-4-6(14)7(15)8(17-4)11-2-1-5(13)10-9(11)16;1-6(2)5-7(3)4/h1-2,4,6-8,12,14-15H,3H2,(H,10,13,16);/p+2/t4-,6-,7-,8-;/m1./s1. The van der Waals surface area contributed by atoms with Crippen molar-refractivity contribution in [3.8, 4) is 0 Å². The normalized spacial score (nSPS) is 27.2. The van der Waals surface area contributed by atoms with E-state index in [-0.39, 0.29) is 0 Å². The molecule has 0 aliphatic carbocycles. The van der Waals surface area contributed by atoms with E-state index in [4.69, 9.17) is 19.6 Å². The smallest absolute Gasteiger partial charge is 0.394 e. The van der Waals surface area contributed by atoms with Crippen LogP contribution in [0.5, 0.6) is 0 Å². The number of hydrogen-bond donors (Lipinski definition) is 6. The first-order valence-electron chi connectivity index (χ1n) is 6.11. The Labute approximate surface area is 134 Å². The minimum absolute atomic E-state index is 0.479. The van der Waals surface area contributed by atoms with Crippen LogP contribution < -0.4 is 11.2 Å². The summed E-state index contributed by atoms with van der Waals surface area (Å²) >= 11 is 0. The second-order valence-electron chi connectivity index (χ2n) is 4.30. The molecule has 1 saturated heterocycles. The SMILES string of the molecule is O=[P+](O)O[P+](=O)O.O=c1ccn([C@@H]2O[C@H](CO)[C@@H](O)[C@H]2O)c(=O)[nH]1. The molecule has 1 aliphatic heterocycles. The first-order chi connectivity index (χ1) is 11.2. The van der Waals surface area contributed by atoms with E-state index < -0.39 is 58.9 Å². The number of nitrogens with zero attached hydrogens (tertiary/aromatic N) is 1. The molecule has 15 heteroatoms. The molecule has 2 rings (SSSR count). The minimum Gasteiger partial charge on any atom is -0.394 e. The Balaban J connectivity index is 0.000000351. The van der Waals surface area contributed by atoms with E-state index in [0.29, 0.717) is 0 Å². The van der Waals surface area contributed by atoms with E-state index in [2.05, 4.69) is 4.31 Å².